The maximum absolute atomic E-state index is 12.8. The topological polar surface area (TPSA) is 87.2 Å². The molecule has 1 saturated heterocycles. The average Bonchev–Trinajstić information content (AvgIpc) is 2.96. The van der Waals surface area contributed by atoms with Crippen molar-refractivity contribution in [2.45, 2.75) is 32.7 Å². The Morgan fingerprint density at radius 3 is 2.69 bits per heavy atom. The lowest BCUT2D eigenvalue weighted by Gasteiger charge is -2.29. The third kappa shape index (κ3) is 4.46. The molecule has 1 aromatic rings. The van der Waals surface area contributed by atoms with Crippen LogP contribution in [0.25, 0.3) is 0 Å². The Labute approximate surface area is 157 Å². The van der Waals surface area contributed by atoms with Crippen LogP contribution in [-0.4, -0.2) is 54.0 Å². The maximum Gasteiger partial charge on any atom is 0.305 e. The van der Waals surface area contributed by atoms with Crippen molar-refractivity contribution in [3.63, 3.8) is 0 Å². The standard InChI is InChI=1S/C18H23ClN2O5/c1-11(2)20(7-6-17(23)24)18(25)12-8-16(22)21(10-12)14-9-13(19)4-5-15(14)26-3/h4-5,9,11-12H,6-8,10H2,1-3H3,(H,23,24). The van der Waals surface area contributed by atoms with E-state index < -0.39 is 11.9 Å². The number of carboxylic acids is 1. The molecule has 1 aromatic carbocycles. The monoisotopic (exact) mass is 382 g/mol. The molecule has 8 heteroatoms. The zero-order chi connectivity index (χ0) is 19.4. The number of methoxy groups -OCH3 is 1. The first-order valence-corrected chi connectivity index (χ1v) is 8.78. The SMILES string of the molecule is COc1ccc(Cl)cc1N1CC(C(=O)N(CCC(=O)O)C(C)C)CC1=O. The molecule has 1 aliphatic heterocycles. The Morgan fingerprint density at radius 1 is 1.42 bits per heavy atom. The Bertz CT molecular complexity index is 707. The largest absolute Gasteiger partial charge is 0.495 e. The fourth-order valence-electron chi connectivity index (χ4n) is 3.05. The van der Waals surface area contributed by atoms with Gasteiger partial charge in [-0.3, -0.25) is 14.4 Å². The zero-order valence-electron chi connectivity index (χ0n) is 15.1. The van der Waals surface area contributed by atoms with Crippen molar-refractivity contribution in [2.75, 3.05) is 25.1 Å². The Kier molecular flexibility index (Phi) is 6.47. The summed E-state index contributed by atoms with van der Waals surface area (Å²) in [6.07, 6.45) is -0.0544. The molecule has 1 heterocycles. The molecule has 0 aromatic heterocycles. The summed E-state index contributed by atoms with van der Waals surface area (Å²) in [7, 11) is 1.50. The Morgan fingerprint density at radius 2 is 2.12 bits per heavy atom. The summed E-state index contributed by atoms with van der Waals surface area (Å²) in [5, 5.41) is 9.35. The van der Waals surface area contributed by atoms with Crippen LogP contribution in [0.2, 0.25) is 5.02 Å². The summed E-state index contributed by atoms with van der Waals surface area (Å²) in [6, 6.07) is 4.83. The highest BCUT2D eigenvalue weighted by Gasteiger charge is 2.38. The van der Waals surface area contributed by atoms with E-state index in [-0.39, 0.29) is 43.8 Å². The van der Waals surface area contributed by atoms with Crippen molar-refractivity contribution in [3.8, 4) is 5.75 Å². The molecule has 1 N–H and O–H groups in total. The van der Waals surface area contributed by atoms with Gasteiger partial charge >= 0.3 is 5.97 Å². The van der Waals surface area contributed by atoms with E-state index in [9.17, 15) is 14.4 Å². The maximum atomic E-state index is 12.8. The van der Waals surface area contributed by atoms with Gasteiger partial charge in [-0.2, -0.15) is 0 Å². The zero-order valence-corrected chi connectivity index (χ0v) is 15.8. The van der Waals surface area contributed by atoms with Crippen molar-refractivity contribution < 1.29 is 24.2 Å². The molecule has 26 heavy (non-hydrogen) atoms. The quantitative estimate of drug-likeness (QED) is 0.782. The van der Waals surface area contributed by atoms with Gasteiger partial charge < -0.3 is 19.6 Å². The van der Waals surface area contributed by atoms with Crippen LogP contribution in [0.5, 0.6) is 5.75 Å². The molecule has 0 aliphatic carbocycles. The molecule has 1 fully saturated rings. The molecule has 0 saturated carbocycles. The van der Waals surface area contributed by atoms with Gasteiger partial charge in [0.1, 0.15) is 5.75 Å². The minimum atomic E-state index is -0.962. The number of carbonyl (C=O) groups is 3. The van der Waals surface area contributed by atoms with Crippen molar-refractivity contribution in [2.24, 2.45) is 5.92 Å². The van der Waals surface area contributed by atoms with Gasteiger partial charge in [-0.25, -0.2) is 0 Å². The minimum Gasteiger partial charge on any atom is -0.495 e. The minimum absolute atomic E-state index is 0.0742. The van der Waals surface area contributed by atoms with Crippen LogP contribution in [0.3, 0.4) is 0 Å². The Hall–Kier alpha value is -2.28. The van der Waals surface area contributed by atoms with Crippen LogP contribution in [0, 0.1) is 5.92 Å². The number of amides is 2. The van der Waals surface area contributed by atoms with E-state index in [0.29, 0.717) is 16.5 Å². The van der Waals surface area contributed by atoms with Gasteiger partial charge in [0, 0.05) is 30.6 Å². The van der Waals surface area contributed by atoms with Crippen molar-refractivity contribution in [1.82, 2.24) is 4.90 Å². The number of hydrogen-bond donors (Lipinski definition) is 1. The van der Waals surface area contributed by atoms with Gasteiger partial charge in [0.25, 0.3) is 0 Å². The molecule has 142 valence electrons. The second-order valence-corrected chi connectivity index (χ2v) is 6.93. The summed E-state index contributed by atoms with van der Waals surface area (Å²) in [5.74, 6) is -1.38. The number of anilines is 1. The number of hydrogen-bond acceptors (Lipinski definition) is 4. The van der Waals surface area contributed by atoms with Gasteiger partial charge in [-0.1, -0.05) is 11.6 Å². The normalized spacial score (nSPS) is 16.9. The van der Waals surface area contributed by atoms with Gasteiger partial charge in [-0.15, -0.1) is 0 Å². The van der Waals surface area contributed by atoms with Crippen molar-refractivity contribution in [1.29, 1.82) is 0 Å². The highest BCUT2D eigenvalue weighted by atomic mass is 35.5. The lowest BCUT2D eigenvalue weighted by molar-refractivity contribution is -0.141. The summed E-state index contributed by atoms with van der Waals surface area (Å²) in [4.78, 5) is 39.2. The fraction of sp³-hybridized carbons (Fsp3) is 0.500. The van der Waals surface area contributed by atoms with E-state index in [0.717, 1.165) is 0 Å². The number of carboxylic acid groups (broad SMARTS) is 1. The number of halogens is 1. The van der Waals surface area contributed by atoms with Gasteiger partial charge in [0.2, 0.25) is 11.8 Å². The second kappa shape index (κ2) is 8.40. The lowest BCUT2D eigenvalue weighted by Crippen LogP contribution is -2.43. The highest BCUT2D eigenvalue weighted by molar-refractivity contribution is 6.31. The van der Waals surface area contributed by atoms with E-state index in [2.05, 4.69) is 0 Å². The molecule has 0 radical (unpaired) electrons. The van der Waals surface area contributed by atoms with Gasteiger partial charge in [0.15, 0.2) is 0 Å². The molecule has 0 spiro atoms. The Balaban J connectivity index is 2.19. The number of benzene rings is 1. The number of nitrogens with zero attached hydrogens (tertiary/aromatic N) is 2. The molecular formula is C18H23ClN2O5. The van der Waals surface area contributed by atoms with Crippen LogP contribution in [0.15, 0.2) is 18.2 Å². The van der Waals surface area contributed by atoms with Crippen LogP contribution in [-0.2, 0) is 14.4 Å². The summed E-state index contributed by atoms with van der Waals surface area (Å²) >= 11 is 6.04. The van der Waals surface area contributed by atoms with E-state index in [1.807, 2.05) is 13.8 Å². The lowest BCUT2D eigenvalue weighted by atomic mass is 10.1. The molecule has 0 bridgehead atoms. The first-order valence-electron chi connectivity index (χ1n) is 8.40. The summed E-state index contributed by atoms with van der Waals surface area (Å²) in [5.41, 5.74) is 0.530. The molecule has 1 aliphatic rings. The van der Waals surface area contributed by atoms with Crippen molar-refractivity contribution >= 4 is 35.1 Å². The predicted octanol–water partition coefficient (Wildman–Crippen LogP) is 2.41. The van der Waals surface area contributed by atoms with Gasteiger partial charge in [0.05, 0.1) is 25.1 Å². The molecule has 2 rings (SSSR count). The second-order valence-electron chi connectivity index (χ2n) is 6.49. The summed E-state index contributed by atoms with van der Waals surface area (Å²) in [6.45, 7) is 3.99. The smallest absolute Gasteiger partial charge is 0.305 e. The van der Waals surface area contributed by atoms with E-state index in [1.165, 1.54) is 16.9 Å². The molecule has 2 amide bonds. The molecular weight excluding hydrogens is 360 g/mol. The number of carbonyl (C=O) groups excluding carboxylic acids is 2. The van der Waals surface area contributed by atoms with Crippen LogP contribution in [0.4, 0.5) is 5.69 Å². The number of rotatable bonds is 7. The third-order valence-electron chi connectivity index (χ3n) is 4.38. The highest BCUT2D eigenvalue weighted by Crippen LogP contribution is 2.35. The molecule has 7 nitrogen and oxygen atoms in total. The predicted molar refractivity (Wildman–Crippen MR) is 97.6 cm³/mol. The van der Waals surface area contributed by atoms with Crippen LogP contribution in [0.1, 0.15) is 26.7 Å². The summed E-state index contributed by atoms with van der Waals surface area (Å²) < 4.78 is 5.29. The van der Waals surface area contributed by atoms with E-state index >= 15 is 0 Å². The number of ether oxygens (including phenoxy) is 1. The number of aliphatic carboxylic acids is 1. The van der Waals surface area contributed by atoms with Crippen LogP contribution >= 0.6 is 11.6 Å². The van der Waals surface area contributed by atoms with E-state index in [4.69, 9.17) is 21.4 Å². The first-order chi connectivity index (χ1) is 12.2. The average molecular weight is 383 g/mol. The van der Waals surface area contributed by atoms with E-state index in [1.54, 1.807) is 18.2 Å². The van der Waals surface area contributed by atoms with Gasteiger partial charge in [-0.05, 0) is 32.0 Å². The van der Waals surface area contributed by atoms with Crippen LogP contribution < -0.4 is 9.64 Å². The third-order valence-corrected chi connectivity index (χ3v) is 4.61. The first kappa shape index (κ1) is 20.0. The molecule has 1 unspecified atom stereocenters. The van der Waals surface area contributed by atoms with Crippen molar-refractivity contribution in [3.05, 3.63) is 23.2 Å². The fourth-order valence-corrected chi connectivity index (χ4v) is 3.22. The molecule has 1 atom stereocenters.